The van der Waals surface area contributed by atoms with Crippen molar-refractivity contribution in [2.24, 2.45) is 5.92 Å². The van der Waals surface area contributed by atoms with Gasteiger partial charge in [0.2, 0.25) is 0 Å². The van der Waals surface area contributed by atoms with Crippen molar-refractivity contribution in [1.29, 1.82) is 0 Å². The zero-order chi connectivity index (χ0) is 11.3. The topological polar surface area (TPSA) is 9.23 Å². The summed E-state index contributed by atoms with van der Waals surface area (Å²) in [5.74, 6) is 0.779. The summed E-state index contributed by atoms with van der Waals surface area (Å²) in [6.07, 6.45) is 7.66. The van der Waals surface area contributed by atoms with Crippen LogP contribution >= 0.6 is 11.6 Å². The van der Waals surface area contributed by atoms with Crippen molar-refractivity contribution < 1.29 is 4.74 Å². The van der Waals surface area contributed by atoms with E-state index < -0.39 is 0 Å². The van der Waals surface area contributed by atoms with E-state index in [0.717, 1.165) is 25.4 Å². The molecule has 1 atom stereocenters. The van der Waals surface area contributed by atoms with E-state index in [-0.39, 0.29) is 5.60 Å². The van der Waals surface area contributed by atoms with Crippen LogP contribution in [0.2, 0.25) is 0 Å². The van der Waals surface area contributed by atoms with Gasteiger partial charge in [0.15, 0.2) is 0 Å². The minimum absolute atomic E-state index is 0.00479. The van der Waals surface area contributed by atoms with Crippen molar-refractivity contribution >= 4 is 11.6 Å². The van der Waals surface area contributed by atoms with E-state index in [9.17, 15) is 0 Å². The molecule has 2 heteroatoms. The molecule has 0 saturated heterocycles. The van der Waals surface area contributed by atoms with Gasteiger partial charge in [0.25, 0.3) is 0 Å². The highest BCUT2D eigenvalue weighted by molar-refractivity contribution is 6.20. The van der Waals surface area contributed by atoms with E-state index in [1.807, 2.05) is 0 Å². The summed E-state index contributed by atoms with van der Waals surface area (Å²) < 4.78 is 5.68. The quantitative estimate of drug-likeness (QED) is 0.505. The molecule has 1 saturated carbocycles. The van der Waals surface area contributed by atoms with Crippen molar-refractivity contribution in [1.82, 2.24) is 0 Å². The van der Waals surface area contributed by atoms with Crippen LogP contribution in [0.15, 0.2) is 0 Å². The first kappa shape index (κ1) is 13.3. The number of ether oxygens (including phenoxy) is 1. The Bertz CT molecular complexity index is 168. The molecule has 0 aromatic heterocycles. The average Bonchev–Trinajstić information content (AvgIpc) is 2.63. The number of hydrogen-bond donors (Lipinski definition) is 0. The van der Waals surface area contributed by atoms with Crippen LogP contribution < -0.4 is 0 Å². The number of alkyl halides is 1. The zero-order valence-corrected chi connectivity index (χ0v) is 11.1. The lowest BCUT2D eigenvalue weighted by atomic mass is 10.00. The Kier molecular flexibility index (Phi) is 5.42. The molecule has 1 unspecified atom stereocenters. The first-order chi connectivity index (χ1) is 6.99. The summed E-state index contributed by atoms with van der Waals surface area (Å²) in [6, 6.07) is 0. The molecule has 0 heterocycles. The fourth-order valence-electron chi connectivity index (χ4n) is 2.21. The van der Waals surface area contributed by atoms with Gasteiger partial charge in [-0.3, -0.25) is 0 Å². The maximum absolute atomic E-state index is 6.38. The van der Waals surface area contributed by atoms with Gasteiger partial charge in [0, 0.05) is 12.0 Å². The number of rotatable bonds is 5. The van der Waals surface area contributed by atoms with Crippen LogP contribution in [-0.4, -0.2) is 17.6 Å². The molecule has 0 aromatic rings. The van der Waals surface area contributed by atoms with Crippen LogP contribution in [0.5, 0.6) is 0 Å². The Morgan fingerprint density at radius 2 is 1.87 bits per heavy atom. The molecule has 1 aliphatic rings. The van der Waals surface area contributed by atoms with Gasteiger partial charge >= 0.3 is 0 Å². The molecule has 1 aliphatic carbocycles. The number of halogens is 1. The molecular formula is C13H25ClO. The lowest BCUT2D eigenvalue weighted by Gasteiger charge is -2.21. The van der Waals surface area contributed by atoms with Crippen LogP contribution in [0.4, 0.5) is 0 Å². The standard InChI is InChI=1S/C13H25ClO/c1-13(2,3)15-10-6-9-12(14)11-7-4-5-8-11/h11-12H,4-10H2,1-3H3. The van der Waals surface area contributed by atoms with E-state index in [0.29, 0.717) is 5.38 Å². The van der Waals surface area contributed by atoms with Crippen molar-refractivity contribution in [2.75, 3.05) is 6.61 Å². The van der Waals surface area contributed by atoms with Crippen LogP contribution in [0.1, 0.15) is 59.3 Å². The first-order valence-electron chi connectivity index (χ1n) is 6.27. The van der Waals surface area contributed by atoms with Gasteiger partial charge < -0.3 is 4.74 Å². The van der Waals surface area contributed by atoms with Gasteiger partial charge in [-0.2, -0.15) is 0 Å². The van der Waals surface area contributed by atoms with E-state index in [2.05, 4.69) is 20.8 Å². The summed E-state index contributed by atoms with van der Waals surface area (Å²) in [5, 5.41) is 0.385. The average molecular weight is 233 g/mol. The SMILES string of the molecule is CC(C)(C)OCCCC(Cl)C1CCCC1. The second-order valence-corrected chi connectivity index (χ2v) is 6.22. The van der Waals surface area contributed by atoms with Gasteiger partial charge in [0.05, 0.1) is 5.60 Å². The predicted octanol–water partition coefficient (Wildman–Crippen LogP) is 4.38. The van der Waals surface area contributed by atoms with Crippen molar-refractivity contribution in [3.05, 3.63) is 0 Å². The van der Waals surface area contributed by atoms with Gasteiger partial charge in [-0.25, -0.2) is 0 Å². The Morgan fingerprint density at radius 3 is 2.40 bits per heavy atom. The Hall–Kier alpha value is 0.250. The van der Waals surface area contributed by atoms with Crippen LogP contribution in [0, 0.1) is 5.92 Å². The third-order valence-corrected chi connectivity index (χ3v) is 3.65. The van der Waals surface area contributed by atoms with Crippen LogP contribution in [0.3, 0.4) is 0 Å². The van der Waals surface area contributed by atoms with Crippen LogP contribution in [-0.2, 0) is 4.74 Å². The highest BCUT2D eigenvalue weighted by atomic mass is 35.5. The molecule has 90 valence electrons. The van der Waals surface area contributed by atoms with Crippen LogP contribution in [0.25, 0.3) is 0 Å². The molecular weight excluding hydrogens is 208 g/mol. The summed E-state index contributed by atoms with van der Waals surface area (Å²) in [5.41, 5.74) is -0.00479. The molecule has 1 nitrogen and oxygen atoms in total. The predicted molar refractivity (Wildman–Crippen MR) is 66.5 cm³/mol. The van der Waals surface area contributed by atoms with Gasteiger partial charge in [-0.05, 0) is 52.4 Å². The molecule has 0 spiro atoms. The molecule has 0 aromatic carbocycles. The van der Waals surface area contributed by atoms with Crippen molar-refractivity contribution in [3.8, 4) is 0 Å². The maximum Gasteiger partial charge on any atom is 0.0598 e. The summed E-state index contributed by atoms with van der Waals surface area (Å²) in [4.78, 5) is 0. The molecule has 1 rings (SSSR count). The third kappa shape index (κ3) is 5.77. The summed E-state index contributed by atoms with van der Waals surface area (Å²) in [6.45, 7) is 7.14. The highest BCUT2D eigenvalue weighted by Crippen LogP contribution is 2.32. The van der Waals surface area contributed by atoms with E-state index >= 15 is 0 Å². The smallest absolute Gasteiger partial charge is 0.0598 e. The fraction of sp³-hybridized carbons (Fsp3) is 1.00. The Morgan fingerprint density at radius 1 is 1.27 bits per heavy atom. The zero-order valence-electron chi connectivity index (χ0n) is 10.4. The second kappa shape index (κ2) is 6.10. The highest BCUT2D eigenvalue weighted by Gasteiger charge is 2.22. The summed E-state index contributed by atoms with van der Waals surface area (Å²) >= 11 is 6.38. The lowest BCUT2D eigenvalue weighted by molar-refractivity contribution is -0.00490. The van der Waals surface area contributed by atoms with Gasteiger partial charge in [0.1, 0.15) is 0 Å². The second-order valence-electron chi connectivity index (χ2n) is 5.66. The molecule has 0 aliphatic heterocycles. The third-order valence-electron chi connectivity index (χ3n) is 3.07. The molecule has 0 bridgehead atoms. The fourth-order valence-corrected chi connectivity index (χ4v) is 2.62. The van der Waals surface area contributed by atoms with E-state index in [1.54, 1.807) is 0 Å². The molecule has 0 N–H and O–H groups in total. The largest absolute Gasteiger partial charge is 0.376 e. The summed E-state index contributed by atoms with van der Waals surface area (Å²) in [7, 11) is 0. The first-order valence-corrected chi connectivity index (χ1v) is 6.71. The molecule has 0 radical (unpaired) electrons. The molecule has 0 amide bonds. The van der Waals surface area contributed by atoms with E-state index in [4.69, 9.17) is 16.3 Å². The Balaban J connectivity index is 2.04. The van der Waals surface area contributed by atoms with Crippen molar-refractivity contribution in [3.63, 3.8) is 0 Å². The lowest BCUT2D eigenvalue weighted by Crippen LogP contribution is -2.20. The molecule has 15 heavy (non-hydrogen) atoms. The van der Waals surface area contributed by atoms with Gasteiger partial charge in [-0.1, -0.05) is 12.8 Å². The van der Waals surface area contributed by atoms with Crippen molar-refractivity contribution in [2.45, 2.75) is 70.3 Å². The van der Waals surface area contributed by atoms with E-state index in [1.165, 1.54) is 25.7 Å². The minimum Gasteiger partial charge on any atom is -0.376 e. The normalized spacial score (nSPS) is 20.8. The minimum atomic E-state index is -0.00479. The number of hydrogen-bond acceptors (Lipinski definition) is 1. The van der Waals surface area contributed by atoms with Gasteiger partial charge in [-0.15, -0.1) is 11.6 Å². The monoisotopic (exact) mass is 232 g/mol. The Labute approximate surface area is 99.5 Å². The molecule has 1 fully saturated rings. The maximum atomic E-state index is 6.38.